The molecule has 22 heavy (non-hydrogen) atoms. The second kappa shape index (κ2) is 7.01. The minimum atomic E-state index is -0.274. The van der Waals surface area contributed by atoms with E-state index in [1.165, 1.54) is 42.7 Å². The van der Waals surface area contributed by atoms with E-state index in [1.54, 1.807) is 6.07 Å². The van der Waals surface area contributed by atoms with Crippen LogP contribution in [0, 0.1) is 5.82 Å². The van der Waals surface area contributed by atoms with Gasteiger partial charge in [0.15, 0.2) is 0 Å². The Labute approximate surface area is 133 Å². The molecule has 1 aliphatic rings. The van der Waals surface area contributed by atoms with Crippen LogP contribution in [-0.4, -0.2) is 16.9 Å². The number of thiazole rings is 1. The fourth-order valence-electron chi connectivity index (χ4n) is 2.83. The lowest BCUT2D eigenvalue weighted by Gasteiger charge is -2.22. The van der Waals surface area contributed by atoms with Crippen molar-refractivity contribution in [2.24, 2.45) is 0 Å². The Morgan fingerprint density at radius 1 is 1.32 bits per heavy atom. The summed E-state index contributed by atoms with van der Waals surface area (Å²) in [6.45, 7) is 0. The van der Waals surface area contributed by atoms with E-state index in [-0.39, 0.29) is 11.7 Å². The van der Waals surface area contributed by atoms with Crippen molar-refractivity contribution in [1.82, 2.24) is 10.3 Å². The van der Waals surface area contributed by atoms with E-state index in [9.17, 15) is 9.18 Å². The van der Waals surface area contributed by atoms with E-state index < -0.39 is 0 Å². The number of nitrogens with zero attached hydrogens (tertiary/aromatic N) is 1. The lowest BCUT2D eigenvalue weighted by molar-refractivity contribution is -0.121. The zero-order valence-electron chi connectivity index (χ0n) is 12.3. The molecule has 1 N–H and O–H groups in total. The molecule has 1 fully saturated rings. The highest BCUT2D eigenvalue weighted by Crippen LogP contribution is 2.24. The minimum absolute atomic E-state index is 0.0305. The molecule has 1 amide bonds. The highest BCUT2D eigenvalue weighted by Gasteiger charge is 2.16. The van der Waals surface area contributed by atoms with E-state index in [4.69, 9.17) is 0 Å². The van der Waals surface area contributed by atoms with Gasteiger partial charge in [-0.3, -0.25) is 4.79 Å². The maximum atomic E-state index is 13.2. The lowest BCUT2D eigenvalue weighted by atomic mass is 9.95. The normalized spacial score (nSPS) is 15.7. The number of carbonyl (C=O) groups is 1. The second-order valence-corrected chi connectivity index (χ2v) is 6.59. The fourth-order valence-corrected chi connectivity index (χ4v) is 3.65. The molecule has 0 aliphatic heterocycles. The largest absolute Gasteiger partial charge is 0.353 e. The number of benzene rings is 1. The SMILES string of the molecule is O=C(Cc1csc(-c2cccc(F)c2)n1)NC1CCCCC1. The van der Waals surface area contributed by atoms with E-state index in [1.807, 2.05) is 11.4 Å². The molecule has 0 bridgehead atoms. The summed E-state index contributed by atoms with van der Waals surface area (Å²) in [5.41, 5.74) is 1.50. The topological polar surface area (TPSA) is 42.0 Å². The van der Waals surface area contributed by atoms with Gasteiger partial charge in [0.05, 0.1) is 12.1 Å². The molecule has 0 atom stereocenters. The standard InChI is InChI=1S/C17H19FN2OS/c18-13-6-4-5-12(9-13)17-20-15(11-22-17)10-16(21)19-14-7-2-1-3-8-14/h4-6,9,11,14H,1-3,7-8,10H2,(H,19,21). The van der Waals surface area contributed by atoms with Crippen molar-refractivity contribution >= 4 is 17.2 Å². The quantitative estimate of drug-likeness (QED) is 0.928. The van der Waals surface area contributed by atoms with E-state index in [2.05, 4.69) is 10.3 Å². The number of rotatable bonds is 4. The molecule has 3 rings (SSSR count). The first-order valence-electron chi connectivity index (χ1n) is 7.70. The molecule has 1 aliphatic carbocycles. The van der Waals surface area contributed by atoms with Crippen LogP contribution in [0.4, 0.5) is 4.39 Å². The van der Waals surface area contributed by atoms with Crippen molar-refractivity contribution in [3.8, 4) is 10.6 Å². The summed E-state index contributed by atoms with van der Waals surface area (Å²) in [5.74, 6) is -0.243. The fraction of sp³-hybridized carbons (Fsp3) is 0.412. The first kappa shape index (κ1) is 15.2. The molecular weight excluding hydrogens is 299 g/mol. The van der Waals surface area contributed by atoms with Crippen LogP contribution in [0.15, 0.2) is 29.6 Å². The van der Waals surface area contributed by atoms with Gasteiger partial charge < -0.3 is 5.32 Å². The first-order chi connectivity index (χ1) is 10.7. The monoisotopic (exact) mass is 318 g/mol. The van der Waals surface area contributed by atoms with Gasteiger partial charge in [-0.15, -0.1) is 11.3 Å². The number of nitrogens with one attached hydrogen (secondary N) is 1. The summed E-state index contributed by atoms with van der Waals surface area (Å²) in [5, 5.41) is 5.72. The average molecular weight is 318 g/mol. The van der Waals surface area contributed by atoms with E-state index in [0.717, 1.165) is 29.1 Å². The van der Waals surface area contributed by atoms with Crippen molar-refractivity contribution in [2.45, 2.75) is 44.6 Å². The summed E-state index contributed by atoms with van der Waals surface area (Å²) < 4.78 is 13.2. The van der Waals surface area contributed by atoms with Crippen LogP contribution in [0.25, 0.3) is 10.6 Å². The molecule has 3 nitrogen and oxygen atoms in total. The number of carbonyl (C=O) groups excluding carboxylic acids is 1. The van der Waals surface area contributed by atoms with Gasteiger partial charge in [-0.2, -0.15) is 0 Å². The molecule has 1 aromatic carbocycles. The molecule has 1 heterocycles. The van der Waals surface area contributed by atoms with Gasteiger partial charge in [-0.1, -0.05) is 31.4 Å². The lowest BCUT2D eigenvalue weighted by Crippen LogP contribution is -2.37. The number of halogens is 1. The maximum Gasteiger partial charge on any atom is 0.226 e. The highest BCUT2D eigenvalue weighted by molar-refractivity contribution is 7.13. The summed E-state index contributed by atoms with van der Waals surface area (Å²) in [6, 6.07) is 6.69. The second-order valence-electron chi connectivity index (χ2n) is 5.73. The number of amides is 1. The molecule has 2 aromatic rings. The van der Waals surface area contributed by atoms with Gasteiger partial charge in [-0.05, 0) is 25.0 Å². The van der Waals surface area contributed by atoms with Crippen LogP contribution < -0.4 is 5.32 Å². The molecule has 1 aromatic heterocycles. The molecule has 0 saturated heterocycles. The predicted molar refractivity (Wildman–Crippen MR) is 86.2 cm³/mol. The van der Waals surface area contributed by atoms with Crippen molar-refractivity contribution in [2.75, 3.05) is 0 Å². The third-order valence-electron chi connectivity index (χ3n) is 3.94. The zero-order chi connectivity index (χ0) is 15.4. The molecule has 0 radical (unpaired) electrons. The minimum Gasteiger partial charge on any atom is -0.353 e. The number of hydrogen-bond donors (Lipinski definition) is 1. The van der Waals surface area contributed by atoms with Gasteiger partial charge >= 0.3 is 0 Å². The van der Waals surface area contributed by atoms with Crippen molar-refractivity contribution in [3.63, 3.8) is 0 Å². The summed E-state index contributed by atoms with van der Waals surface area (Å²) in [6.07, 6.45) is 6.13. The predicted octanol–water partition coefficient (Wildman–Crippen LogP) is 3.94. The third-order valence-corrected chi connectivity index (χ3v) is 4.88. The van der Waals surface area contributed by atoms with Gasteiger partial charge in [0.25, 0.3) is 0 Å². The Hall–Kier alpha value is -1.75. The van der Waals surface area contributed by atoms with Crippen LogP contribution in [0.3, 0.4) is 0 Å². The Bertz CT molecular complexity index is 650. The van der Waals surface area contributed by atoms with Crippen LogP contribution in [-0.2, 0) is 11.2 Å². The first-order valence-corrected chi connectivity index (χ1v) is 8.58. The van der Waals surface area contributed by atoms with Gasteiger partial charge in [0.1, 0.15) is 10.8 Å². The number of hydrogen-bond acceptors (Lipinski definition) is 3. The van der Waals surface area contributed by atoms with Crippen molar-refractivity contribution < 1.29 is 9.18 Å². The summed E-state index contributed by atoms with van der Waals surface area (Å²) in [4.78, 5) is 16.5. The Balaban J connectivity index is 1.60. The van der Waals surface area contributed by atoms with E-state index in [0.29, 0.717) is 12.5 Å². The molecule has 5 heteroatoms. The van der Waals surface area contributed by atoms with Crippen LogP contribution >= 0.6 is 11.3 Å². The number of aromatic nitrogens is 1. The van der Waals surface area contributed by atoms with Crippen molar-refractivity contribution in [1.29, 1.82) is 0 Å². The van der Waals surface area contributed by atoms with Crippen LogP contribution in [0.5, 0.6) is 0 Å². The Morgan fingerprint density at radius 2 is 2.14 bits per heavy atom. The van der Waals surface area contributed by atoms with Crippen LogP contribution in [0.1, 0.15) is 37.8 Å². The molecule has 1 saturated carbocycles. The molecule has 0 unspecified atom stereocenters. The van der Waals surface area contributed by atoms with E-state index >= 15 is 0 Å². The molecule has 116 valence electrons. The van der Waals surface area contributed by atoms with Crippen molar-refractivity contribution in [3.05, 3.63) is 41.2 Å². The zero-order valence-corrected chi connectivity index (χ0v) is 13.2. The molecule has 0 spiro atoms. The Morgan fingerprint density at radius 3 is 2.91 bits per heavy atom. The maximum absolute atomic E-state index is 13.2. The van der Waals surface area contributed by atoms with Gasteiger partial charge in [0, 0.05) is 17.0 Å². The summed E-state index contributed by atoms with van der Waals surface area (Å²) in [7, 11) is 0. The molecular formula is C17H19FN2OS. The van der Waals surface area contributed by atoms with Crippen LogP contribution in [0.2, 0.25) is 0 Å². The Kier molecular flexibility index (Phi) is 4.83. The smallest absolute Gasteiger partial charge is 0.226 e. The summed E-state index contributed by atoms with van der Waals surface area (Å²) >= 11 is 1.44. The average Bonchev–Trinajstić information content (AvgIpc) is 2.96. The highest BCUT2D eigenvalue weighted by atomic mass is 32.1. The van der Waals surface area contributed by atoms with Gasteiger partial charge in [0.2, 0.25) is 5.91 Å². The van der Waals surface area contributed by atoms with Gasteiger partial charge in [-0.25, -0.2) is 9.37 Å². The third kappa shape index (κ3) is 3.91.